The van der Waals surface area contributed by atoms with E-state index < -0.39 is 6.10 Å². The van der Waals surface area contributed by atoms with Crippen molar-refractivity contribution in [2.75, 3.05) is 12.3 Å². The lowest BCUT2D eigenvalue weighted by molar-refractivity contribution is -0.127. The van der Waals surface area contributed by atoms with Gasteiger partial charge in [-0.15, -0.1) is 0 Å². The largest absolute Gasteiger partial charge is 0.481 e. The van der Waals surface area contributed by atoms with Crippen molar-refractivity contribution in [3.63, 3.8) is 0 Å². The van der Waals surface area contributed by atoms with Crippen LogP contribution >= 0.6 is 35.0 Å². The van der Waals surface area contributed by atoms with E-state index >= 15 is 0 Å². The van der Waals surface area contributed by atoms with Gasteiger partial charge in [-0.05, 0) is 55.7 Å². The number of thioether (sulfide) groups is 1. The van der Waals surface area contributed by atoms with E-state index in [1.54, 1.807) is 18.7 Å². The Morgan fingerprint density at radius 3 is 2.58 bits per heavy atom. The molecule has 2 aromatic carbocycles. The third kappa shape index (κ3) is 6.11. The molecule has 0 bridgehead atoms. The quantitative estimate of drug-likeness (QED) is 0.588. The average Bonchev–Trinajstić information content (AvgIpc) is 2.59. The van der Waals surface area contributed by atoms with Gasteiger partial charge in [-0.1, -0.05) is 41.4 Å². The van der Waals surface area contributed by atoms with Gasteiger partial charge in [0.2, 0.25) is 0 Å². The summed E-state index contributed by atoms with van der Waals surface area (Å²) in [6, 6.07) is 11.5. The summed E-state index contributed by atoms with van der Waals surface area (Å²) in [5.41, 5.74) is 3.05. The molecule has 0 aromatic heterocycles. The van der Waals surface area contributed by atoms with Gasteiger partial charge in [0.05, 0.1) is 0 Å². The second-order valence-electron chi connectivity index (χ2n) is 6.07. The summed E-state index contributed by atoms with van der Waals surface area (Å²) >= 11 is 14.0. The lowest BCUT2D eigenvalue weighted by Gasteiger charge is -2.16. The Labute approximate surface area is 169 Å². The number of ether oxygens (including phenoxy) is 1. The standard InChI is InChI=1S/C20H23Cl2NO2S/c1-13-7-8-14(2)19(11-13)25-15(3)20(24)23-9-10-26-12-16-17(21)5-4-6-18(16)22/h4-8,11,15H,9-10,12H2,1-3H3,(H,23,24). The normalized spacial score (nSPS) is 11.9. The van der Waals surface area contributed by atoms with Gasteiger partial charge in [-0.2, -0.15) is 11.8 Å². The SMILES string of the molecule is Cc1ccc(C)c(OC(C)C(=O)NCCSCc2c(Cl)cccc2Cl)c1. The molecule has 2 rings (SSSR count). The first-order chi connectivity index (χ1) is 12.4. The zero-order valence-corrected chi connectivity index (χ0v) is 17.5. The number of amides is 1. The summed E-state index contributed by atoms with van der Waals surface area (Å²) in [4.78, 5) is 12.2. The third-order valence-electron chi connectivity index (χ3n) is 3.87. The molecule has 0 aliphatic heterocycles. The van der Waals surface area contributed by atoms with Crippen molar-refractivity contribution in [3.8, 4) is 5.75 Å². The molecule has 0 heterocycles. The van der Waals surface area contributed by atoms with Crippen molar-refractivity contribution in [3.05, 3.63) is 63.1 Å². The first-order valence-corrected chi connectivity index (χ1v) is 10.3. The maximum Gasteiger partial charge on any atom is 0.260 e. The number of benzene rings is 2. The Kier molecular flexibility index (Phi) is 8.14. The van der Waals surface area contributed by atoms with Crippen LogP contribution in [-0.2, 0) is 10.5 Å². The maximum absolute atomic E-state index is 12.2. The highest BCUT2D eigenvalue weighted by Gasteiger charge is 2.15. The lowest BCUT2D eigenvalue weighted by atomic mass is 10.1. The topological polar surface area (TPSA) is 38.3 Å². The van der Waals surface area contributed by atoms with Gasteiger partial charge in [0.25, 0.3) is 5.91 Å². The molecule has 2 aromatic rings. The van der Waals surface area contributed by atoms with Crippen LogP contribution in [0.5, 0.6) is 5.75 Å². The van der Waals surface area contributed by atoms with Gasteiger partial charge >= 0.3 is 0 Å². The van der Waals surface area contributed by atoms with Gasteiger partial charge < -0.3 is 10.1 Å². The molecule has 1 atom stereocenters. The van der Waals surface area contributed by atoms with Crippen LogP contribution in [0.2, 0.25) is 10.0 Å². The molecule has 140 valence electrons. The van der Waals surface area contributed by atoms with Crippen LogP contribution in [0.25, 0.3) is 0 Å². The molecule has 1 unspecified atom stereocenters. The monoisotopic (exact) mass is 411 g/mol. The number of rotatable bonds is 8. The summed E-state index contributed by atoms with van der Waals surface area (Å²) < 4.78 is 5.79. The minimum atomic E-state index is -0.543. The van der Waals surface area contributed by atoms with Crippen molar-refractivity contribution in [1.29, 1.82) is 0 Å². The molecule has 0 radical (unpaired) electrons. The fourth-order valence-electron chi connectivity index (χ4n) is 2.31. The fraction of sp³-hybridized carbons (Fsp3) is 0.350. The van der Waals surface area contributed by atoms with Crippen LogP contribution in [0.3, 0.4) is 0 Å². The van der Waals surface area contributed by atoms with Crippen molar-refractivity contribution in [2.45, 2.75) is 32.6 Å². The van der Waals surface area contributed by atoms with Crippen LogP contribution in [0.15, 0.2) is 36.4 Å². The maximum atomic E-state index is 12.2. The average molecular weight is 412 g/mol. The Morgan fingerprint density at radius 1 is 1.19 bits per heavy atom. The van der Waals surface area contributed by atoms with E-state index in [9.17, 15) is 4.79 Å². The van der Waals surface area contributed by atoms with Gasteiger partial charge in [-0.25, -0.2) is 0 Å². The minimum Gasteiger partial charge on any atom is -0.481 e. The number of hydrogen-bond donors (Lipinski definition) is 1. The number of halogens is 2. The Balaban J connectivity index is 1.73. The molecular weight excluding hydrogens is 389 g/mol. The van der Waals surface area contributed by atoms with Gasteiger partial charge in [-0.3, -0.25) is 4.79 Å². The summed E-state index contributed by atoms with van der Waals surface area (Å²) in [5, 5.41) is 4.24. The molecule has 0 aliphatic rings. The highest BCUT2D eigenvalue weighted by Crippen LogP contribution is 2.28. The number of carbonyl (C=O) groups excluding carboxylic acids is 1. The molecule has 1 amide bonds. The summed E-state index contributed by atoms with van der Waals surface area (Å²) in [5.74, 6) is 2.10. The molecule has 1 N–H and O–H groups in total. The predicted molar refractivity (Wildman–Crippen MR) is 112 cm³/mol. The predicted octanol–water partition coefficient (Wildman–Crippen LogP) is 5.43. The van der Waals surface area contributed by atoms with E-state index in [1.165, 1.54) is 0 Å². The number of nitrogens with one attached hydrogen (secondary N) is 1. The van der Waals surface area contributed by atoms with E-state index in [0.29, 0.717) is 22.3 Å². The second kappa shape index (κ2) is 10.1. The van der Waals surface area contributed by atoms with E-state index in [2.05, 4.69) is 5.32 Å². The van der Waals surface area contributed by atoms with Crippen molar-refractivity contribution in [1.82, 2.24) is 5.32 Å². The van der Waals surface area contributed by atoms with Crippen molar-refractivity contribution in [2.24, 2.45) is 0 Å². The third-order valence-corrected chi connectivity index (χ3v) is 5.56. The highest BCUT2D eigenvalue weighted by atomic mass is 35.5. The Morgan fingerprint density at radius 2 is 1.88 bits per heavy atom. The Bertz CT molecular complexity index is 747. The van der Waals surface area contributed by atoms with Gasteiger partial charge in [0.15, 0.2) is 6.10 Å². The van der Waals surface area contributed by atoms with Crippen LogP contribution < -0.4 is 10.1 Å². The second-order valence-corrected chi connectivity index (χ2v) is 7.99. The lowest BCUT2D eigenvalue weighted by Crippen LogP contribution is -2.37. The van der Waals surface area contributed by atoms with Crippen molar-refractivity contribution < 1.29 is 9.53 Å². The summed E-state index contributed by atoms with van der Waals surface area (Å²) in [6.45, 7) is 6.29. The highest BCUT2D eigenvalue weighted by molar-refractivity contribution is 7.98. The molecule has 0 spiro atoms. The van der Waals surface area contributed by atoms with Gasteiger partial charge in [0, 0.05) is 28.1 Å². The summed E-state index contributed by atoms with van der Waals surface area (Å²) in [6.07, 6.45) is -0.543. The zero-order valence-electron chi connectivity index (χ0n) is 15.1. The number of aryl methyl sites for hydroxylation is 2. The first-order valence-electron chi connectivity index (χ1n) is 8.40. The molecule has 3 nitrogen and oxygen atoms in total. The Hall–Kier alpha value is -1.36. The zero-order chi connectivity index (χ0) is 19.1. The van der Waals surface area contributed by atoms with E-state index in [1.807, 2.05) is 50.2 Å². The summed E-state index contributed by atoms with van der Waals surface area (Å²) in [7, 11) is 0. The number of hydrogen-bond acceptors (Lipinski definition) is 3. The smallest absolute Gasteiger partial charge is 0.260 e. The molecule has 0 aliphatic carbocycles. The van der Waals surface area contributed by atoms with Crippen LogP contribution in [0.1, 0.15) is 23.6 Å². The fourth-order valence-corrected chi connectivity index (χ4v) is 3.91. The molecule has 6 heteroatoms. The molecule has 0 fully saturated rings. The van der Waals surface area contributed by atoms with Gasteiger partial charge in [0.1, 0.15) is 5.75 Å². The van der Waals surface area contributed by atoms with Crippen LogP contribution in [-0.4, -0.2) is 24.3 Å². The molecule has 0 saturated heterocycles. The van der Waals surface area contributed by atoms with Crippen molar-refractivity contribution >= 4 is 40.9 Å². The molecule has 0 saturated carbocycles. The van der Waals surface area contributed by atoms with Crippen LogP contribution in [0.4, 0.5) is 0 Å². The first kappa shape index (κ1) is 20.9. The number of carbonyl (C=O) groups is 1. The van der Waals surface area contributed by atoms with E-state index in [-0.39, 0.29) is 5.91 Å². The van der Waals surface area contributed by atoms with Crippen LogP contribution in [0, 0.1) is 13.8 Å². The molecule has 26 heavy (non-hydrogen) atoms. The van der Waals surface area contributed by atoms with E-state index in [4.69, 9.17) is 27.9 Å². The van der Waals surface area contributed by atoms with E-state index in [0.717, 1.165) is 28.2 Å². The molecular formula is C20H23Cl2NO2S. The minimum absolute atomic E-state index is 0.123.